The monoisotopic (exact) mass is 360 g/mol. The van der Waals surface area contributed by atoms with Crippen LogP contribution in [0.2, 0.25) is 0 Å². The average Bonchev–Trinajstić information content (AvgIpc) is 2.59. The summed E-state index contributed by atoms with van der Waals surface area (Å²) in [4.78, 5) is 29.1. The van der Waals surface area contributed by atoms with E-state index >= 15 is 0 Å². The molecule has 26 heavy (non-hydrogen) atoms. The van der Waals surface area contributed by atoms with Crippen LogP contribution in [0.25, 0.3) is 0 Å². The van der Waals surface area contributed by atoms with E-state index in [1.807, 2.05) is 37.5 Å². The highest BCUT2D eigenvalue weighted by Gasteiger charge is 2.28. The molecule has 6 nitrogen and oxygen atoms in total. The molecule has 0 aromatic heterocycles. The molecule has 3 rings (SSSR count). The van der Waals surface area contributed by atoms with Gasteiger partial charge >= 0.3 is 0 Å². The Kier molecular flexibility index (Phi) is 5.63. The van der Waals surface area contributed by atoms with E-state index in [1.165, 1.54) is 0 Å². The summed E-state index contributed by atoms with van der Waals surface area (Å²) in [6.07, 6.45) is 0.144. The summed E-state index contributed by atoms with van der Waals surface area (Å²) >= 11 is 0. The molecule has 0 spiro atoms. The third kappa shape index (κ3) is 4.24. The number of amides is 2. The van der Waals surface area contributed by atoms with Crippen molar-refractivity contribution in [3.8, 4) is 0 Å². The number of hydrogen-bond donors (Lipinski definition) is 0. The predicted molar refractivity (Wildman–Crippen MR) is 98.3 cm³/mol. The Morgan fingerprint density at radius 3 is 1.23 bits per heavy atom. The lowest BCUT2D eigenvalue weighted by atomic mass is 10.1. The second kappa shape index (κ2) is 7.76. The summed E-state index contributed by atoms with van der Waals surface area (Å²) in [6, 6.07) is 6.97. The van der Waals surface area contributed by atoms with Gasteiger partial charge in [0.05, 0.1) is 24.4 Å². The van der Waals surface area contributed by atoms with Crippen molar-refractivity contribution in [3.05, 3.63) is 35.4 Å². The highest BCUT2D eigenvalue weighted by molar-refractivity contribution is 5.98. The van der Waals surface area contributed by atoms with Crippen molar-refractivity contribution in [1.82, 2.24) is 9.80 Å². The first kappa shape index (κ1) is 18.9. The van der Waals surface area contributed by atoms with Gasteiger partial charge in [-0.2, -0.15) is 0 Å². The second-order valence-electron chi connectivity index (χ2n) is 7.51. The molecule has 142 valence electrons. The molecular weight excluding hydrogens is 332 g/mol. The molecular formula is C20H28N2O4. The van der Waals surface area contributed by atoms with E-state index in [4.69, 9.17) is 9.47 Å². The minimum Gasteiger partial charge on any atom is -0.372 e. The molecule has 2 heterocycles. The molecule has 2 amide bonds. The van der Waals surface area contributed by atoms with Crippen molar-refractivity contribution in [2.75, 3.05) is 26.2 Å². The van der Waals surface area contributed by atoms with Gasteiger partial charge in [0.2, 0.25) is 0 Å². The van der Waals surface area contributed by atoms with Gasteiger partial charge < -0.3 is 19.3 Å². The molecule has 0 unspecified atom stereocenters. The summed E-state index contributed by atoms with van der Waals surface area (Å²) in [7, 11) is 0. The molecule has 2 aliphatic heterocycles. The van der Waals surface area contributed by atoms with Crippen molar-refractivity contribution < 1.29 is 19.1 Å². The van der Waals surface area contributed by atoms with Gasteiger partial charge in [0.15, 0.2) is 0 Å². The van der Waals surface area contributed by atoms with Gasteiger partial charge in [0.1, 0.15) is 0 Å². The Bertz CT molecular complexity index is 583. The Hall–Kier alpha value is -1.92. The Labute approximate surface area is 155 Å². The molecule has 1 aromatic carbocycles. The smallest absolute Gasteiger partial charge is 0.254 e. The first-order chi connectivity index (χ1) is 12.3. The normalized spacial score (nSPS) is 29.5. The van der Waals surface area contributed by atoms with Crippen LogP contribution in [-0.4, -0.2) is 72.2 Å². The SMILES string of the molecule is C[C@@H]1CN(C(=O)c2ccc(C(=O)N3C[C@@H](C)O[C@@H](C)C3)cc2)C[C@@H](C)O1. The number of benzene rings is 1. The fourth-order valence-corrected chi connectivity index (χ4v) is 3.81. The summed E-state index contributed by atoms with van der Waals surface area (Å²) in [6.45, 7) is 10.3. The fraction of sp³-hybridized carbons (Fsp3) is 0.600. The van der Waals surface area contributed by atoms with Crippen LogP contribution in [0.3, 0.4) is 0 Å². The third-order valence-electron chi connectivity index (χ3n) is 4.79. The second-order valence-corrected chi connectivity index (χ2v) is 7.51. The molecule has 1 aromatic rings. The average molecular weight is 360 g/mol. The van der Waals surface area contributed by atoms with Crippen LogP contribution in [0.1, 0.15) is 48.4 Å². The van der Waals surface area contributed by atoms with E-state index in [-0.39, 0.29) is 36.2 Å². The molecule has 2 fully saturated rings. The Balaban J connectivity index is 1.68. The van der Waals surface area contributed by atoms with Crippen molar-refractivity contribution in [1.29, 1.82) is 0 Å². The maximum Gasteiger partial charge on any atom is 0.254 e. The number of carbonyl (C=O) groups excluding carboxylic acids is 2. The van der Waals surface area contributed by atoms with Crippen molar-refractivity contribution in [2.24, 2.45) is 0 Å². The van der Waals surface area contributed by atoms with Crippen LogP contribution in [0.4, 0.5) is 0 Å². The molecule has 0 saturated carbocycles. The van der Waals surface area contributed by atoms with E-state index in [0.717, 1.165) is 0 Å². The summed E-state index contributed by atoms with van der Waals surface area (Å²) < 4.78 is 11.4. The highest BCUT2D eigenvalue weighted by atomic mass is 16.5. The van der Waals surface area contributed by atoms with Gasteiger partial charge in [-0.1, -0.05) is 0 Å². The summed E-state index contributed by atoms with van der Waals surface area (Å²) in [5.74, 6) is -0.0285. The van der Waals surface area contributed by atoms with Gasteiger partial charge in [0.25, 0.3) is 11.8 Å². The molecule has 0 aliphatic carbocycles. The van der Waals surface area contributed by atoms with Crippen LogP contribution >= 0.6 is 0 Å². The Morgan fingerprint density at radius 1 is 0.692 bits per heavy atom. The third-order valence-corrected chi connectivity index (χ3v) is 4.79. The topological polar surface area (TPSA) is 59.1 Å². The first-order valence-electron chi connectivity index (χ1n) is 9.33. The minimum absolute atomic E-state index is 0.0142. The van der Waals surface area contributed by atoms with Crippen molar-refractivity contribution in [2.45, 2.75) is 52.1 Å². The zero-order valence-corrected chi connectivity index (χ0v) is 16.0. The molecule has 6 heteroatoms. The molecule has 0 bridgehead atoms. The number of morpholine rings is 2. The largest absolute Gasteiger partial charge is 0.372 e. The standard InChI is InChI=1S/C20H28N2O4/c1-13-9-21(10-14(2)25-13)19(23)17-5-7-18(8-6-17)20(24)22-11-15(3)26-16(4)12-22/h5-8,13-16H,9-12H2,1-4H3/t13-,14-,15-,16+/m1/s1. The predicted octanol–water partition coefficient (Wildman–Crippen LogP) is 2.19. The van der Waals surface area contributed by atoms with E-state index < -0.39 is 0 Å². The van der Waals surface area contributed by atoms with Crippen LogP contribution in [0.5, 0.6) is 0 Å². The number of nitrogens with zero attached hydrogens (tertiary/aromatic N) is 2. The zero-order chi connectivity index (χ0) is 18.8. The maximum atomic E-state index is 12.7. The number of hydrogen-bond acceptors (Lipinski definition) is 4. The fourth-order valence-electron chi connectivity index (χ4n) is 3.81. The highest BCUT2D eigenvalue weighted by Crippen LogP contribution is 2.17. The van der Waals surface area contributed by atoms with Gasteiger partial charge in [-0.25, -0.2) is 0 Å². The van der Waals surface area contributed by atoms with Crippen LogP contribution < -0.4 is 0 Å². The van der Waals surface area contributed by atoms with E-state index in [1.54, 1.807) is 24.3 Å². The first-order valence-corrected chi connectivity index (χ1v) is 9.33. The quantitative estimate of drug-likeness (QED) is 0.811. The molecule has 4 atom stereocenters. The maximum absolute atomic E-state index is 12.7. The van der Waals surface area contributed by atoms with Gasteiger partial charge in [0, 0.05) is 37.3 Å². The number of carbonyl (C=O) groups is 2. The van der Waals surface area contributed by atoms with Crippen LogP contribution in [0, 0.1) is 0 Å². The van der Waals surface area contributed by atoms with Crippen LogP contribution in [0.15, 0.2) is 24.3 Å². The zero-order valence-electron chi connectivity index (χ0n) is 16.0. The number of rotatable bonds is 2. The van der Waals surface area contributed by atoms with Gasteiger partial charge in [-0.15, -0.1) is 0 Å². The molecule has 0 N–H and O–H groups in total. The minimum atomic E-state index is -0.0142. The molecule has 0 radical (unpaired) electrons. The van der Waals surface area contributed by atoms with Crippen LogP contribution in [-0.2, 0) is 9.47 Å². The van der Waals surface area contributed by atoms with Gasteiger partial charge in [-0.3, -0.25) is 9.59 Å². The van der Waals surface area contributed by atoms with E-state index in [9.17, 15) is 9.59 Å². The number of ether oxygens (including phenoxy) is 2. The lowest BCUT2D eigenvalue weighted by molar-refractivity contribution is -0.0587. The van der Waals surface area contributed by atoms with Gasteiger partial charge in [-0.05, 0) is 52.0 Å². The summed E-state index contributed by atoms with van der Waals surface area (Å²) in [5, 5.41) is 0. The lowest BCUT2D eigenvalue weighted by Crippen LogP contribution is -2.48. The summed E-state index contributed by atoms with van der Waals surface area (Å²) in [5.41, 5.74) is 1.21. The van der Waals surface area contributed by atoms with E-state index in [0.29, 0.717) is 37.3 Å². The van der Waals surface area contributed by atoms with E-state index in [2.05, 4.69) is 0 Å². The lowest BCUT2D eigenvalue weighted by Gasteiger charge is -2.35. The molecule has 2 saturated heterocycles. The molecule has 2 aliphatic rings. The van der Waals surface area contributed by atoms with Crippen molar-refractivity contribution >= 4 is 11.8 Å². The Morgan fingerprint density at radius 2 is 0.962 bits per heavy atom. The van der Waals surface area contributed by atoms with Crippen molar-refractivity contribution in [3.63, 3.8) is 0 Å².